The summed E-state index contributed by atoms with van der Waals surface area (Å²) in [6.07, 6.45) is 3.60. The zero-order valence-electron chi connectivity index (χ0n) is 5.35. The molecule has 0 aromatic heterocycles. The summed E-state index contributed by atoms with van der Waals surface area (Å²) in [7, 11) is 0. The summed E-state index contributed by atoms with van der Waals surface area (Å²) in [4.78, 5) is 0. The molecule has 1 aliphatic rings. The fraction of sp³-hybridized carbons (Fsp3) is 1.00. The summed E-state index contributed by atoms with van der Waals surface area (Å²) in [5.41, 5.74) is 5.70. The molecule has 0 radical (unpaired) electrons. The molecule has 1 rings (SSSR count). The molecule has 3 heteroatoms. The molecule has 0 amide bonds. The number of rotatable bonds is 2. The van der Waals surface area contributed by atoms with Gasteiger partial charge in [0, 0.05) is 6.04 Å². The number of halogens is 1. The average Bonchev–Trinajstić information content (AvgIpc) is 2.17. The highest BCUT2D eigenvalue weighted by molar-refractivity contribution is 14.1. The van der Waals surface area contributed by atoms with Crippen molar-refractivity contribution in [3.63, 3.8) is 0 Å². The van der Waals surface area contributed by atoms with E-state index in [9.17, 15) is 0 Å². The molecule has 2 N–H and O–H groups in total. The highest BCUT2D eigenvalue weighted by atomic mass is 127. The minimum Gasteiger partial charge on any atom is -0.328 e. The van der Waals surface area contributed by atoms with Gasteiger partial charge in [-0.2, -0.15) is 0 Å². The zero-order valence-corrected chi connectivity index (χ0v) is 7.50. The van der Waals surface area contributed by atoms with Crippen LogP contribution in [0.3, 0.4) is 0 Å². The van der Waals surface area contributed by atoms with Crippen LogP contribution in [-0.2, 0) is 3.07 Å². The Hall–Kier alpha value is 0.650. The van der Waals surface area contributed by atoms with E-state index in [0.717, 1.165) is 18.9 Å². The van der Waals surface area contributed by atoms with Crippen molar-refractivity contribution in [2.75, 3.05) is 6.61 Å². The molecule has 1 aliphatic carbocycles. The minimum atomic E-state index is 0.446. The van der Waals surface area contributed by atoms with E-state index in [1.807, 2.05) is 23.0 Å². The van der Waals surface area contributed by atoms with Crippen LogP contribution in [-0.4, -0.2) is 12.6 Å². The minimum absolute atomic E-state index is 0.446. The summed E-state index contributed by atoms with van der Waals surface area (Å²) in [5, 5.41) is 0. The zero-order chi connectivity index (χ0) is 6.69. The normalized spacial score (nSPS) is 35.3. The SMILES string of the molecule is NC1CCC(COI)C1. The van der Waals surface area contributed by atoms with E-state index in [0.29, 0.717) is 6.04 Å². The Morgan fingerprint density at radius 3 is 2.78 bits per heavy atom. The third kappa shape index (κ3) is 2.39. The number of hydrogen-bond acceptors (Lipinski definition) is 2. The standard InChI is InChI=1S/C6H12INO/c7-9-4-5-1-2-6(8)3-5/h5-6H,1-4,8H2. The molecule has 0 aliphatic heterocycles. The Morgan fingerprint density at radius 1 is 1.56 bits per heavy atom. The van der Waals surface area contributed by atoms with Gasteiger partial charge in [0.05, 0.1) is 6.61 Å². The first-order valence-corrected chi connectivity index (χ1v) is 4.20. The van der Waals surface area contributed by atoms with E-state index in [2.05, 4.69) is 0 Å². The fourth-order valence-corrected chi connectivity index (χ4v) is 1.86. The largest absolute Gasteiger partial charge is 0.328 e. The van der Waals surface area contributed by atoms with Crippen molar-refractivity contribution in [3.8, 4) is 0 Å². The van der Waals surface area contributed by atoms with Crippen LogP contribution in [0, 0.1) is 5.92 Å². The van der Waals surface area contributed by atoms with Crippen LogP contribution < -0.4 is 5.73 Å². The average molecular weight is 241 g/mol. The lowest BCUT2D eigenvalue weighted by Gasteiger charge is -2.04. The second-order valence-corrected chi connectivity index (χ2v) is 3.34. The maximum atomic E-state index is 5.70. The van der Waals surface area contributed by atoms with Gasteiger partial charge >= 0.3 is 0 Å². The van der Waals surface area contributed by atoms with Crippen molar-refractivity contribution >= 4 is 23.0 Å². The van der Waals surface area contributed by atoms with Gasteiger partial charge in [0.1, 0.15) is 23.0 Å². The van der Waals surface area contributed by atoms with Gasteiger partial charge in [-0.3, -0.25) is 0 Å². The smallest absolute Gasteiger partial charge is 0.109 e. The predicted octanol–water partition coefficient (Wildman–Crippen LogP) is 1.48. The molecular formula is C6H12INO. The van der Waals surface area contributed by atoms with E-state index in [1.165, 1.54) is 12.8 Å². The molecule has 0 aromatic rings. The molecular weight excluding hydrogens is 229 g/mol. The van der Waals surface area contributed by atoms with Crippen molar-refractivity contribution in [2.24, 2.45) is 11.7 Å². The summed E-state index contributed by atoms with van der Waals surface area (Å²) < 4.78 is 4.99. The van der Waals surface area contributed by atoms with Gasteiger partial charge in [-0.15, -0.1) is 0 Å². The lowest BCUT2D eigenvalue weighted by molar-refractivity contribution is 0.325. The Kier molecular flexibility index (Phi) is 3.21. The third-order valence-electron chi connectivity index (χ3n) is 1.88. The van der Waals surface area contributed by atoms with Crippen molar-refractivity contribution < 1.29 is 3.07 Å². The first kappa shape index (κ1) is 7.75. The molecule has 1 saturated carbocycles. The molecule has 0 spiro atoms. The van der Waals surface area contributed by atoms with Gasteiger partial charge in [0.2, 0.25) is 0 Å². The van der Waals surface area contributed by atoms with Crippen molar-refractivity contribution in [2.45, 2.75) is 25.3 Å². The van der Waals surface area contributed by atoms with Crippen molar-refractivity contribution in [3.05, 3.63) is 0 Å². The molecule has 2 unspecified atom stereocenters. The van der Waals surface area contributed by atoms with Crippen LogP contribution in [0.25, 0.3) is 0 Å². The predicted molar refractivity (Wildman–Crippen MR) is 45.3 cm³/mol. The van der Waals surface area contributed by atoms with Gasteiger partial charge in [0.25, 0.3) is 0 Å². The van der Waals surface area contributed by atoms with E-state index in [4.69, 9.17) is 8.80 Å². The Morgan fingerprint density at radius 2 is 2.33 bits per heavy atom. The van der Waals surface area contributed by atoms with Crippen LogP contribution in [0.15, 0.2) is 0 Å². The lowest BCUT2D eigenvalue weighted by atomic mass is 10.1. The molecule has 54 valence electrons. The second-order valence-electron chi connectivity index (χ2n) is 2.71. The third-order valence-corrected chi connectivity index (χ3v) is 2.24. The summed E-state index contributed by atoms with van der Waals surface area (Å²) >= 11 is 1.94. The first-order chi connectivity index (χ1) is 4.33. The Bertz CT molecular complexity index is 87.1. The molecule has 0 aromatic carbocycles. The van der Waals surface area contributed by atoms with Crippen molar-refractivity contribution in [1.82, 2.24) is 0 Å². The lowest BCUT2D eigenvalue weighted by Crippen LogP contribution is -2.15. The summed E-state index contributed by atoms with van der Waals surface area (Å²) in [6, 6.07) is 0.446. The quantitative estimate of drug-likeness (QED) is 0.743. The highest BCUT2D eigenvalue weighted by Gasteiger charge is 2.21. The van der Waals surface area contributed by atoms with Gasteiger partial charge < -0.3 is 8.80 Å². The van der Waals surface area contributed by atoms with E-state index < -0.39 is 0 Å². The van der Waals surface area contributed by atoms with Crippen LogP contribution in [0.5, 0.6) is 0 Å². The maximum absolute atomic E-state index is 5.70. The van der Waals surface area contributed by atoms with E-state index in [-0.39, 0.29) is 0 Å². The van der Waals surface area contributed by atoms with Crippen LogP contribution in [0.4, 0.5) is 0 Å². The highest BCUT2D eigenvalue weighted by Crippen LogP contribution is 2.24. The number of nitrogens with two attached hydrogens (primary N) is 1. The Balaban J connectivity index is 2.14. The van der Waals surface area contributed by atoms with E-state index in [1.54, 1.807) is 0 Å². The van der Waals surface area contributed by atoms with E-state index >= 15 is 0 Å². The molecule has 0 saturated heterocycles. The second kappa shape index (κ2) is 3.73. The van der Waals surface area contributed by atoms with Crippen molar-refractivity contribution in [1.29, 1.82) is 0 Å². The molecule has 1 fully saturated rings. The van der Waals surface area contributed by atoms with Crippen LogP contribution in [0.1, 0.15) is 19.3 Å². The van der Waals surface area contributed by atoms with Crippen LogP contribution in [0.2, 0.25) is 0 Å². The maximum Gasteiger partial charge on any atom is 0.109 e. The summed E-state index contributed by atoms with van der Waals surface area (Å²) in [5.74, 6) is 0.733. The van der Waals surface area contributed by atoms with Crippen LogP contribution >= 0.6 is 23.0 Å². The monoisotopic (exact) mass is 241 g/mol. The number of hydrogen-bond donors (Lipinski definition) is 1. The molecule has 9 heavy (non-hydrogen) atoms. The molecule has 2 nitrogen and oxygen atoms in total. The Labute approximate surface area is 69.8 Å². The van der Waals surface area contributed by atoms with Gasteiger partial charge in [-0.25, -0.2) is 0 Å². The molecule has 2 atom stereocenters. The topological polar surface area (TPSA) is 35.2 Å². The van der Waals surface area contributed by atoms with Gasteiger partial charge in [-0.05, 0) is 25.2 Å². The molecule has 0 heterocycles. The van der Waals surface area contributed by atoms with Gasteiger partial charge in [0.15, 0.2) is 0 Å². The fourth-order valence-electron chi connectivity index (χ4n) is 1.35. The summed E-state index contributed by atoms with van der Waals surface area (Å²) in [6.45, 7) is 0.883. The first-order valence-electron chi connectivity index (χ1n) is 3.32. The van der Waals surface area contributed by atoms with Gasteiger partial charge in [-0.1, -0.05) is 0 Å². The molecule has 0 bridgehead atoms.